The molecule has 4 rings (SSSR count). The summed E-state index contributed by atoms with van der Waals surface area (Å²) in [5, 5.41) is 12.3. The third-order valence-corrected chi connectivity index (χ3v) is 5.47. The van der Waals surface area contributed by atoms with E-state index in [0.29, 0.717) is 22.4 Å². The molecule has 8 heteroatoms. The minimum atomic E-state index is -0.154. The molecular formula is C23H21N5O2S. The maximum Gasteiger partial charge on any atom is 0.234 e. The zero-order chi connectivity index (χ0) is 21.6. The summed E-state index contributed by atoms with van der Waals surface area (Å²) < 4.78 is 7.26. The quantitative estimate of drug-likeness (QED) is 0.438. The van der Waals surface area contributed by atoms with Gasteiger partial charge in [-0.25, -0.2) is 0 Å². The van der Waals surface area contributed by atoms with Crippen molar-refractivity contribution in [2.75, 3.05) is 18.2 Å². The van der Waals surface area contributed by atoms with Crippen LogP contribution in [-0.4, -0.2) is 38.5 Å². The van der Waals surface area contributed by atoms with E-state index < -0.39 is 0 Å². The lowest BCUT2D eigenvalue weighted by molar-refractivity contribution is -0.113. The van der Waals surface area contributed by atoms with E-state index in [1.54, 1.807) is 31.6 Å². The fraction of sp³-hybridized carbons (Fsp3) is 0.130. The number of hydrogen-bond acceptors (Lipinski definition) is 6. The Bertz CT molecular complexity index is 1190. The van der Waals surface area contributed by atoms with Crippen LogP contribution >= 0.6 is 11.8 Å². The number of anilines is 1. The highest BCUT2D eigenvalue weighted by Crippen LogP contribution is 2.29. The average Bonchev–Trinajstić information content (AvgIpc) is 3.23. The Morgan fingerprint density at radius 2 is 1.87 bits per heavy atom. The Labute approximate surface area is 184 Å². The van der Waals surface area contributed by atoms with Gasteiger partial charge in [0, 0.05) is 23.6 Å². The number of amides is 1. The molecule has 2 aromatic carbocycles. The molecule has 0 spiro atoms. The van der Waals surface area contributed by atoms with Crippen LogP contribution in [0.3, 0.4) is 0 Å². The van der Waals surface area contributed by atoms with Gasteiger partial charge in [-0.1, -0.05) is 36.0 Å². The standard InChI is InChI=1S/C23H21N5O2S/c1-16-6-5-7-18(14-16)28-22(17-10-12-24-13-11-17)26-27-23(28)31-15-21(29)25-19-8-3-4-9-20(19)30-2/h3-14H,15H2,1-2H3,(H,25,29). The molecule has 0 saturated carbocycles. The van der Waals surface area contributed by atoms with E-state index in [9.17, 15) is 4.79 Å². The number of nitrogens with one attached hydrogen (secondary N) is 1. The Balaban J connectivity index is 1.60. The first-order chi connectivity index (χ1) is 15.2. The molecule has 0 aliphatic heterocycles. The summed E-state index contributed by atoms with van der Waals surface area (Å²) >= 11 is 1.32. The minimum Gasteiger partial charge on any atom is -0.495 e. The number of carbonyl (C=O) groups is 1. The van der Waals surface area contributed by atoms with E-state index in [4.69, 9.17) is 4.74 Å². The monoisotopic (exact) mass is 431 g/mol. The first kappa shape index (κ1) is 20.6. The van der Waals surface area contributed by atoms with Crippen molar-refractivity contribution < 1.29 is 9.53 Å². The number of benzene rings is 2. The molecule has 0 radical (unpaired) electrons. The Morgan fingerprint density at radius 1 is 1.06 bits per heavy atom. The fourth-order valence-corrected chi connectivity index (χ4v) is 3.87. The molecule has 1 amide bonds. The summed E-state index contributed by atoms with van der Waals surface area (Å²) in [6.45, 7) is 2.04. The molecule has 7 nitrogen and oxygen atoms in total. The second kappa shape index (κ2) is 9.44. The van der Waals surface area contributed by atoms with Crippen LogP contribution in [0.5, 0.6) is 5.75 Å². The minimum absolute atomic E-state index is 0.154. The van der Waals surface area contributed by atoms with Crippen molar-refractivity contribution in [1.29, 1.82) is 0 Å². The smallest absolute Gasteiger partial charge is 0.234 e. The van der Waals surface area contributed by atoms with Crippen molar-refractivity contribution in [3.63, 3.8) is 0 Å². The van der Waals surface area contributed by atoms with Crippen molar-refractivity contribution in [3.05, 3.63) is 78.6 Å². The normalized spacial score (nSPS) is 10.6. The third-order valence-electron chi connectivity index (χ3n) is 4.55. The van der Waals surface area contributed by atoms with Gasteiger partial charge in [0.15, 0.2) is 11.0 Å². The van der Waals surface area contributed by atoms with Gasteiger partial charge in [-0.15, -0.1) is 10.2 Å². The predicted molar refractivity (Wildman–Crippen MR) is 122 cm³/mol. The van der Waals surface area contributed by atoms with Gasteiger partial charge in [-0.3, -0.25) is 14.3 Å². The number of ether oxygens (including phenoxy) is 1. The molecule has 0 aliphatic carbocycles. The predicted octanol–water partition coefficient (Wildman–Crippen LogP) is 4.38. The maximum atomic E-state index is 12.6. The molecule has 31 heavy (non-hydrogen) atoms. The van der Waals surface area contributed by atoms with Gasteiger partial charge in [0.05, 0.1) is 18.6 Å². The zero-order valence-corrected chi connectivity index (χ0v) is 18.0. The van der Waals surface area contributed by atoms with Crippen molar-refractivity contribution in [2.45, 2.75) is 12.1 Å². The molecule has 0 unspecified atom stereocenters. The lowest BCUT2D eigenvalue weighted by atomic mass is 10.2. The van der Waals surface area contributed by atoms with Crippen molar-refractivity contribution in [2.24, 2.45) is 0 Å². The van der Waals surface area contributed by atoms with Crippen LogP contribution < -0.4 is 10.1 Å². The van der Waals surface area contributed by atoms with Gasteiger partial charge in [0.25, 0.3) is 0 Å². The highest BCUT2D eigenvalue weighted by atomic mass is 32.2. The van der Waals surface area contributed by atoms with E-state index in [1.165, 1.54) is 11.8 Å². The number of pyridine rings is 1. The summed E-state index contributed by atoms with van der Waals surface area (Å²) in [6.07, 6.45) is 3.44. The van der Waals surface area contributed by atoms with Crippen LogP contribution in [0.1, 0.15) is 5.56 Å². The van der Waals surface area contributed by atoms with Crippen LogP contribution in [-0.2, 0) is 4.79 Å². The molecule has 156 valence electrons. The van der Waals surface area contributed by atoms with Crippen molar-refractivity contribution in [1.82, 2.24) is 19.7 Å². The van der Waals surface area contributed by atoms with E-state index in [-0.39, 0.29) is 11.7 Å². The summed E-state index contributed by atoms with van der Waals surface area (Å²) in [5.41, 5.74) is 3.59. The summed E-state index contributed by atoms with van der Waals surface area (Å²) in [6, 6.07) is 19.2. The second-order valence-corrected chi connectivity index (χ2v) is 7.70. The van der Waals surface area contributed by atoms with Gasteiger partial charge in [0.2, 0.25) is 5.91 Å². The molecule has 4 aromatic rings. The first-order valence-corrected chi connectivity index (χ1v) is 10.6. The lowest BCUT2D eigenvalue weighted by Crippen LogP contribution is -2.15. The van der Waals surface area contributed by atoms with Gasteiger partial charge >= 0.3 is 0 Å². The molecular weight excluding hydrogens is 410 g/mol. The van der Waals surface area contributed by atoms with Gasteiger partial charge < -0.3 is 10.1 Å². The van der Waals surface area contributed by atoms with Crippen LogP contribution in [0.2, 0.25) is 0 Å². The van der Waals surface area contributed by atoms with Crippen LogP contribution in [0, 0.1) is 6.92 Å². The Morgan fingerprint density at radius 3 is 2.65 bits per heavy atom. The van der Waals surface area contributed by atoms with E-state index >= 15 is 0 Å². The molecule has 1 N–H and O–H groups in total. The zero-order valence-electron chi connectivity index (χ0n) is 17.1. The van der Waals surface area contributed by atoms with Crippen LogP contribution in [0.25, 0.3) is 17.1 Å². The van der Waals surface area contributed by atoms with Gasteiger partial charge in [0.1, 0.15) is 5.75 Å². The second-order valence-electron chi connectivity index (χ2n) is 6.75. The molecule has 0 fully saturated rings. The molecule has 2 heterocycles. The maximum absolute atomic E-state index is 12.6. The van der Waals surface area contributed by atoms with Gasteiger partial charge in [-0.05, 0) is 48.9 Å². The lowest BCUT2D eigenvalue weighted by Gasteiger charge is -2.12. The first-order valence-electron chi connectivity index (χ1n) is 9.64. The van der Waals surface area contributed by atoms with Gasteiger partial charge in [-0.2, -0.15) is 0 Å². The fourth-order valence-electron chi connectivity index (χ4n) is 3.12. The van der Waals surface area contributed by atoms with Crippen molar-refractivity contribution in [3.8, 4) is 22.8 Å². The van der Waals surface area contributed by atoms with E-state index in [1.807, 2.05) is 54.0 Å². The number of carbonyl (C=O) groups excluding carboxylic acids is 1. The molecule has 0 aliphatic rings. The summed E-state index contributed by atoms with van der Waals surface area (Å²) in [5.74, 6) is 1.33. The molecule has 0 bridgehead atoms. The van der Waals surface area contributed by atoms with Crippen LogP contribution in [0.15, 0.2) is 78.2 Å². The number of para-hydroxylation sites is 2. The third kappa shape index (κ3) is 4.75. The SMILES string of the molecule is COc1ccccc1NC(=O)CSc1nnc(-c2ccncc2)n1-c1cccc(C)c1. The number of hydrogen-bond donors (Lipinski definition) is 1. The van der Waals surface area contributed by atoms with Crippen molar-refractivity contribution >= 4 is 23.4 Å². The number of methoxy groups -OCH3 is 1. The highest BCUT2D eigenvalue weighted by molar-refractivity contribution is 7.99. The number of rotatable bonds is 7. The summed E-state index contributed by atoms with van der Waals surface area (Å²) in [7, 11) is 1.57. The number of aryl methyl sites for hydroxylation is 1. The topological polar surface area (TPSA) is 81.9 Å². The molecule has 0 saturated heterocycles. The number of nitrogens with zero attached hydrogens (tertiary/aromatic N) is 4. The van der Waals surface area contributed by atoms with Crippen LogP contribution in [0.4, 0.5) is 5.69 Å². The number of aromatic nitrogens is 4. The van der Waals surface area contributed by atoms with E-state index in [0.717, 1.165) is 16.8 Å². The Hall–Kier alpha value is -3.65. The molecule has 2 aromatic heterocycles. The van der Waals surface area contributed by atoms with E-state index in [2.05, 4.69) is 26.6 Å². The largest absolute Gasteiger partial charge is 0.495 e. The Kier molecular flexibility index (Phi) is 6.28. The average molecular weight is 432 g/mol. The molecule has 0 atom stereocenters. The number of thioether (sulfide) groups is 1. The highest BCUT2D eigenvalue weighted by Gasteiger charge is 2.18. The summed E-state index contributed by atoms with van der Waals surface area (Å²) in [4.78, 5) is 16.7.